The van der Waals surface area contributed by atoms with Crippen molar-refractivity contribution in [1.82, 2.24) is 0 Å². The van der Waals surface area contributed by atoms with Crippen molar-refractivity contribution in [3.63, 3.8) is 0 Å². The molecule has 0 spiro atoms. The molecule has 0 N–H and O–H groups in total. The number of hydrogen-bond acceptors (Lipinski definition) is 2. The summed E-state index contributed by atoms with van der Waals surface area (Å²) in [7, 11) is -2.87. The molecule has 0 atom stereocenters. The summed E-state index contributed by atoms with van der Waals surface area (Å²) in [6.45, 7) is 0.362. The Morgan fingerprint density at radius 3 is 1.43 bits per heavy atom. The lowest BCUT2D eigenvalue weighted by Gasteiger charge is -2.30. The predicted molar refractivity (Wildman–Crippen MR) is 87.5 cm³/mol. The molecular formula is C18H16O2Si. The summed E-state index contributed by atoms with van der Waals surface area (Å²) >= 11 is 0. The first kappa shape index (κ1) is 15.1. The molecule has 0 saturated heterocycles. The van der Waals surface area contributed by atoms with E-state index in [4.69, 9.17) is 21.7 Å². The van der Waals surface area contributed by atoms with Crippen molar-refractivity contribution in [2.24, 2.45) is 0 Å². The van der Waals surface area contributed by atoms with E-state index in [-0.39, 0.29) is 13.2 Å². The highest BCUT2D eigenvalue weighted by Gasteiger charge is 2.42. The molecule has 21 heavy (non-hydrogen) atoms. The maximum atomic E-state index is 6.04. The van der Waals surface area contributed by atoms with Gasteiger partial charge in [0.25, 0.3) is 0 Å². The van der Waals surface area contributed by atoms with Crippen molar-refractivity contribution in [2.75, 3.05) is 13.2 Å². The molecule has 0 aromatic heterocycles. The van der Waals surface area contributed by atoms with E-state index in [0.29, 0.717) is 0 Å². The lowest BCUT2D eigenvalue weighted by atomic mass is 10.4. The molecule has 2 aromatic rings. The third-order valence-electron chi connectivity index (χ3n) is 3.03. The first-order chi connectivity index (χ1) is 10.3. The van der Waals surface area contributed by atoms with Crippen LogP contribution in [0.1, 0.15) is 0 Å². The van der Waals surface area contributed by atoms with Crippen LogP contribution in [-0.4, -0.2) is 21.8 Å². The second-order valence-electron chi connectivity index (χ2n) is 4.33. The van der Waals surface area contributed by atoms with Gasteiger partial charge < -0.3 is 8.85 Å². The predicted octanol–water partition coefficient (Wildman–Crippen LogP) is 1.54. The van der Waals surface area contributed by atoms with Gasteiger partial charge in [0.15, 0.2) is 0 Å². The third-order valence-corrected chi connectivity index (χ3v) is 6.31. The average molecular weight is 292 g/mol. The number of benzene rings is 2. The highest BCUT2D eigenvalue weighted by atomic mass is 28.4. The summed E-state index contributed by atoms with van der Waals surface area (Å²) in [6.07, 6.45) is 10.7. The molecule has 0 aliphatic carbocycles. The molecule has 0 amide bonds. The van der Waals surface area contributed by atoms with Crippen molar-refractivity contribution in [1.29, 1.82) is 0 Å². The van der Waals surface area contributed by atoms with Crippen molar-refractivity contribution >= 4 is 18.9 Å². The Kier molecular flexibility index (Phi) is 5.37. The highest BCUT2D eigenvalue weighted by Crippen LogP contribution is 2.09. The van der Waals surface area contributed by atoms with Gasteiger partial charge in [-0.2, -0.15) is 0 Å². The molecule has 3 heteroatoms. The number of terminal acetylenes is 2. The van der Waals surface area contributed by atoms with Gasteiger partial charge >= 0.3 is 8.56 Å². The summed E-state index contributed by atoms with van der Waals surface area (Å²) in [5.41, 5.74) is 0. The van der Waals surface area contributed by atoms with Gasteiger partial charge in [-0.15, -0.1) is 12.8 Å². The summed E-state index contributed by atoms with van der Waals surface area (Å²) in [4.78, 5) is 0. The largest absolute Gasteiger partial charge is 0.408 e. The van der Waals surface area contributed by atoms with Crippen molar-refractivity contribution in [2.45, 2.75) is 0 Å². The van der Waals surface area contributed by atoms with Crippen molar-refractivity contribution < 1.29 is 8.85 Å². The van der Waals surface area contributed by atoms with Gasteiger partial charge in [-0.3, -0.25) is 0 Å². The summed E-state index contributed by atoms with van der Waals surface area (Å²) < 4.78 is 12.1. The van der Waals surface area contributed by atoms with Crippen molar-refractivity contribution in [3.8, 4) is 24.7 Å². The molecule has 104 valence electrons. The van der Waals surface area contributed by atoms with Gasteiger partial charge in [-0.05, 0) is 10.4 Å². The summed E-state index contributed by atoms with van der Waals surface area (Å²) in [5, 5.41) is 1.98. The van der Waals surface area contributed by atoms with Crippen LogP contribution in [0.2, 0.25) is 0 Å². The van der Waals surface area contributed by atoms with Gasteiger partial charge in [0, 0.05) is 0 Å². The zero-order valence-electron chi connectivity index (χ0n) is 11.7. The molecule has 0 fully saturated rings. The quantitative estimate of drug-likeness (QED) is 0.594. The first-order valence-corrected chi connectivity index (χ1v) is 8.41. The average Bonchev–Trinajstić information content (AvgIpc) is 2.57. The molecule has 0 aliphatic rings. The fourth-order valence-corrected chi connectivity index (χ4v) is 5.06. The summed E-state index contributed by atoms with van der Waals surface area (Å²) in [6, 6.07) is 19.7. The van der Waals surface area contributed by atoms with E-state index in [0.717, 1.165) is 10.4 Å². The fourth-order valence-electron chi connectivity index (χ4n) is 2.14. The zero-order chi connectivity index (χ0) is 15.0. The molecule has 0 aliphatic heterocycles. The van der Waals surface area contributed by atoms with Crippen LogP contribution in [0, 0.1) is 24.7 Å². The minimum Gasteiger partial charge on any atom is -0.376 e. The molecule has 0 bridgehead atoms. The van der Waals surface area contributed by atoms with E-state index in [2.05, 4.69) is 11.8 Å². The van der Waals surface area contributed by atoms with Crippen LogP contribution in [0.3, 0.4) is 0 Å². The molecular weight excluding hydrogens is 276 g/mol. The maximum Gasteiger partial charge on any atom is 0.408 e. The molecule has 0 heterocycles. The highest BCUT2D eigenvalue weighted by molar-refractivity contribution is 6.92. The van der Waals surface area contributed by atoms with E-state index in [1.807, 2.05) is 60.7 Å². The van der Waals surface area contributed by atoms with Gasteiger partial charge in [0.05, 0.1) is 13.2 Å². The monoisotopic (exact) mass is 292 g/mol. The fraction of sp³-hybridized carbons (Fsp3) is 0.111. The second kappa shape index (κ2) is 7.47. The lowest BCUT2D eigenvalue weighted by Crippen LogP contribution is -2.63. The van der Waals surface area contributed by atoms with Crippen LogP contribution in [0.5, 0.6) is 0 Å². The standard InChI is InChI=1S/C18H16O2Si/c1-3-15-19-21(20-16-4-2,17-11-7-5-8-12-17)18-13-9-6-10-14-18/h1-2,5-14H,15-16H2. The van der Waals surface area contributed by atoms with Crippen LogP contribution < -0.4 is 10.4 Å². The van der Waals surface area contributed by atoms with E-state index < -0.39 is 8.56 Å². The number of hydrogen-bond donors (Lipinski definition) is 0. The SMILES string of the molecule is C#CCO[Si](OCC#C)(c1ccccc1)c1ccccc1. The zero-order valence-corrected chi connectivity index (χ0v) is 12.7. The Morgan fingerprint density at radius 2 is 1.10 bits per heavy atom. The topological polar surface area (TPSA) is 18.5 Å². The lowest BCUT2D eigenvalue weighted by molar-refractivity contribution is 0.233. The molecule has 0 radical (unpaired) electrons. The van der Waals surface area contributed by atoms with Crippen LogP contribution >= 0.6 is 0 Å². The van der Waals surface area contributed by atoms with Crippen LogP contribution in [0.15, 0.2) is 60.7 Å². The van der Waals surface area contributed by atoms with Gasteiger partial charge in [0.1, 0.15) is 0 Å². The molecule has 2 nitrogen and oxygen atoms in total. The molecule has 2 rings (SSSR count). The second-order valence-corrected chi connectivity index (χ2v) is 7.30. The Bertz CT molecular complexity index is 579. The van der Waals surface area contributed by atoms with Crippen LogP contribution in [-0.2, 0) is 8.85 Å². The van der Waals surface area contributed by atoms with Gasteiger partial charge in [0.2, 0.25) is 0 Å². The Morgan fingerprint density at radius 1 is 0.714 bits per heavy atom. The number of rotatable bonds is 6. The molecule has 0 unspecified atom stereocenters. The Hall–Kier alpha value is -2.30. The maximum absolute atomic E-state index is 6.04. The Balaban J connectivity index is 2.54. The third kappa shape index (κ3) is 3.42. The van der Waals surface area contributed by atoms with E-state index in [1.54, 1.807) is 0 Å². The van der Waals surface area contributed by atoms with Gasteiger partial charge in [-0.25, -0.2) is 0 Å². The molecule has 2 aromatic carbocycles. The minimum atomic E-state index is -2.87. The van der Waals surface area contributed by atoms with E-state index in [9.17, 15) is 0 Å². The Labute approximate surface area is 127 Å². The normalized spacial score (nSPS) is 10.6. The smallest absolute Gasteiger partial charge is 0.376 e. The minimum absolute atomic E-state index is 0.181. The first-order valence-electron chi connectivity index (χ1n) is 6.59. The van der Waals surface area contributed by atoms with Gasteiger partial charge in [-0.1, -0.05) is 72.5 Å². The van der Waals surface area contributed by atoms with E-state index in [1.165, 1.54) is 0 Å². The van der Waals surface area contributed by atoms with Crippen LogP contribution in [0.25, 0.3) is 0 Å². The van der Waals surface area contributed by atoms with Crippen LogP contribution in [0.4, 0.5) is 0 Å². The van der Waals surface area contributed by atoms with E-state index >= 15 is 0 Å². The van der Waals surface area contributed by atoms with Crippen molar-refractivity contribution in [3.05, 3.63) is 60.7 Å². The molecule has 0 saturated carbocycles. The summed E-state index contributed by atoms with van der Waals surface area (Å²) in [5.74, 6) is 5.04.